The normalized spacial score (nSPS) is 10.7. The summed E-state index contributed by atoms with van der Waals surface area (Å²) in [6.45, 7) is 3.99. The molecule has 128 valence electrons. The van der Waals surface area contributed by atoms with E-state index in [2.05, 4.69) is 26.3 Å². The lowest BCUT2D eigenvalue weighted by molar-refractivity contribution is 0.102. The number of hydrogen-bond acceptors (Lipinski definition) is 2. The summed E-state index contributed by atoms with van der Waals surface area (Å²) in [7, 11) is 0. The van der Waals surface area contributed by atoms with Crippen molar-refractivity contribution in [1.29, 1.82) is 0 Å². The van der Waals surface area contributed by atoms with Crippen LogP contribution < -0.4 is 5.32 Å². The zero-order valence-corrected chi connectivity index (χ0v) is 15.5. The van der Waals surface area contributed by atoms with Gasteiger partial charge in [0.25, 0.3) is 5.91 Å². The second-order valence-corrected chi connectivity index (χ2v) is 6.68. The number of benzene rings is 2. The maximum Gasteiger partial charge on any atom is 0.255 e. The van der Waals surface area contributed by atoms with E-state index >= 15 is 0 Å². The van der Waals surface area contributed by atoms with Crippen LogP contribution in [0.25, 0.3) is 0 Å². The number of anilines is 1. The molecule has 0 fully saturated rings. The van der Waals surface area contributed by atoms with Gasteiger partial charge in [0.15, 0.2) is 0 Å². The second-order valence-electron chi connectivity index (χ2n) is 5.76. The van der Waals surface area contributed by atoms with E-state index in [0.29, 0.717) is 29.1 Å². The smallest absolute Gasteiger partial charge is 0.255 e. The van der Waals surface area contributed by atoms with Gasteiger partial charge in [0.1, 0.15) is 5.82 Å². The minimum absolute atomic E-state index is 0.210. The van der Waals surface area contributed by atoms with Gasteiger partial charge in [0.2, 0.25) is 0 Å². The molecule has 0 spiro atoms. The quantitative estimate of drug-likeness (QED) is 0.688. The number of nitrogens with zero attached hydrogens (tertiary/aromatic N) is 2. The molecule has 25 heavy (non-hydrogen) atoms. The molecule has 0 aliphatic heterocycles. The van der Waals surface area contributed by atoms with Gasteiger partial charge in [0, 0.05) is 15.6 Å². The summed E-state index contributed by atoms with van der Waals surface area (Å²) in [5.41, 5.74) is 3.23. The monoisotopic (exact) mass is 401 g/mol. The van der Waals surface area contributed by atoms with Crippen molar-refractivity contribution in [3.8, 4) is 0 Å². The second kappa shape index (κ2) is 7.19. The van der Waals surface area contributed by atoms with Gasteiger partial charge in [-0.05, 0) is 38.1 Å². The van der Waals surface area contributed by atoms with Crippen LogP contribution in [-0.2, 0) is 6.54 Å². The molecule has 1 N–H and O–H groups in total. The Morgan fingerprint density at radius 1 is 1.20 bits per heavy atom. The first kappa shape index (κ1) is 17.4. The Kier molecular flexibility index (Phi) is 4.99. The topological polar surface area (TPSA) is 46.9 Å². The fraction of sp³-hybridized carbons (Fsp3) is 0.158. The highest BCUT2D eigenvalue weighted by molar-refractivity contribution is 9.10. The van der Waals surface area contributed by atoms with Crippen LogP contribution in [0.15, 0.2) is 53.0 Å². The van der Waals surface area contributed by atoms with Gasteiger partial charge >= 0.3 is 0 Å². The number of rotatable bonds is 4. The van der Waals surface area contributed by atoms with Crippen LogP contribution in [-0.4, -0.2) is 15.7 Å². The van der Waals surface area contributed by atoms with Crippen LogP contribution in [0.2, 0.25) is 0 Å². The lowest BCUT2D eigenvalue weighted by Gasteiger charge is -2.08. The predicted molar refractivity (Wildman–Crippen MR) is 99.3 cm³/mol. The predicted octanol–water partition coefficient (Wildman–Crippen LogP) is 4.70. The summed E-state index contributed by atoms with van der Waals surface area (Å²) in [5, 5.41) is 7.34. The van der Waals surface area contributed by atoms with Crippen LogP contribution in [0.4, 0.5) is 10.1 Å². The summed E-state index contributed by atoms with van der Waals surface area (Å²) in [6, 6.07) is 13.8. The molecule has 1 aromatic heterocycles. The Balaban J connectivity index is 1.85. The average Bonchev–Trinajstić information content (AvgIpc) is 2.84. The van der Waals surface area contributed by atoms with E-state index in [0.717, 1.165) is 10.2 Å². The molecule has 4 nitrogen and oxygen atoms in total. The highest BCUT2D eigenvalue weighted by Crippen LogP contribution is 2.22. The van der Waals surface area contributed by atoms with Crippen LogP contribution in [0, 0.1) is 19.7 Å². The molecule has 0 unspecified atom stereocenters. The Bertz CT molecular complexity index is 936. The molecule has 1 heterocycles. The van der Waals surface area contributed by atoms with E-state index in [9.17, 15) is 9.18 Å². The first-order valence-corrected chi connectivity index (χ1v) is 8.59. The van der Waals surface area contributed by atoms with Crippen molar-refractivity contribution in [2.75, 3.05) is 5.32 Å². The highest BCUT2D eigenvalue weighted by Gasteiger charge is 2.16. The standard InChI is InChI=1S/C19H17BrFN3O/c1-12-18(22-19(25)14-7-5-8-16(20)10-14)13(2)24(23-12)11-15-6-3-4-9-17(15)21/h3-10H,11H2,1-2H3,(H,22,25). The molecule has 0 saturated carbocycles. The van der Waals surface area contributed by atoms with E-state index in [-0.39, 0.29) is 11.7 Å². The van der Waals surface area contributed by atoms with Gasteiger partial charge in [-0.3, -0.25) is 9.48 Å². The molecule has 1 amide bonds. The van der Waals surface area contributed by atoms with Gasteiger partial charge in [0.05, 0.1) is 23.6 Å². The Morgan fingerprint density at radius 3 is 2.68 bits per heavy atom. The van der Waals surface area contributed by atoms with Crippen molar-refractivity contribution >= 4 is 27.5 Å². The molecular weight excluding hydrogens is 385 g/mol. The van der Waals surface area contributed by atoms with Crippen molar-refractivity contribution in [1.82, 2.24) is 9.78 Å². The molecule has 3 aromatic rings. The summed E-state index contributed by atoms with van der Waals surface area (Å²) in [4.78, 5) is 12.5. The van der Waals surface area contributed by atoms with E-state index in [4.69, 9.17) is 0 Å². The lowest BCUT2D eigenvalue weighted by Crippen LogP contribution is -2.13. The van der Waals surface area contributed by atoms with E-state index < -0.39 is 0 Å². The molecule has 0 atom stereocenters. The van der Waals surface area contributed by atoms with Crippen molar-refractivity contribution in [2.24, 2.45) is 0 Å². The molecule has 2 aromatic carbocycles. The molecule has 0 radical (unpaired) electrons. The third-order valence-corrected chi connectivity index (χ3v) is 4.48. The van der Waals surface area contributed by atoms with Crippen LogP contribution >= 0.6 is 15.9 Å². The zero-order chi connectivity index (χ0) is 18.0. The van der Waals surface area contributed by atoms with Gasteiger partial charge in [-0.1, -0.05) is 40.2 Å². The molecule has 6 heteroatoms. The number of carbonyl (C=O) groups is 1. The number of aromatic nitrogens is 2. The maximum atomic E-state index is 13.9. The van der Waals surface area contributed by atoms with Gasteiger partial charge in [-0.15, -0.1) is 0 Å². The molecule has 0 bridgehead atoms. The van der Waals surface area contributed by atoms with Crippen LogP contribution in [0.1, 0.15) is 27.3 Å². The minimum atomic E-state index is -0.269. The van der Waals surface area contributed by atoms with Gasteiger partial charge in [-0.25, -0.2) is 4.39 Å². The Labute approximate surface area is 153 Å². The van der Waals surface area contributed by atoms with E-state index in [1.54, 1.807) is 41.1 Å². The number of halogens is 2. The third-order valence-electron chi connectivity index (χ3n) is 3.98. The third kappa shape index (κ3) is 3.79. The minimum Gasteiger partial charge on any atom is -0.319 e. The van der Waals surface area contributed by atoms with Crippen LogP contribution in [0.5, 0.6) is 0 Å². The van der Waals surface area contributed by atoms with Gasteiger partial charge < -0.3 is 5.32 Å². The summed E-state index contributed by atoms with van der Waals surface area (Å²) in [5.74, 6) is -0.479. The fourth-order valence-electron chi connectivity index (χ4n) is 2.64. The van der Waals surface area contributed by atoms with E-state index in [1.807, 2.05) is 19.9 Å². The Hall–Kier alpha value is -2.47. The lowest BCUT2D eigenvalue weighted by atomic mass is 10.2. The van der Waals surface area contributed by atoms with Crippen molar-refractivity contribution in [3.63, 3.8) is 0 Å². The summed E-state index contributed by atoms with van der Waals surface area (Å²) >= 11 is 3.36. The first-order valence-electron chi connectivity index (χ1n) is 7.80. The highest BCUT2D eigenvalue weighted by atomic mass is 79.9. The maximum absolute atomic E-state index is 13.9. The first-order chi connectivity index (χ1) is 12.0. The fourth-order valence-corrected chi connectivity index (χ4v) is 3.03. The number of hydrogen-bond donors (Lipinski definition) is 1. The Morgan fingerprint density at radius 2 is 1.96 bits per heavy atom. The van der Waals surface area contributed by atoms with Gasteiger partial charge in [-0.2, -0.15) is 5.10 Å². The van der Waals surface area contributed by atoms with E-state index in [1.165, 1.54) is 6.07 Å². The SMILES string of the molecule is Cc1nn(Cc2ccccc2F)c(C)c1NC(=O)c1cccc(Br)c1. The number of carbonyl (C=O) groups excluding carboxylic acids is 1. The number of nitrogens with one attached hydrogen (secondary N) is 1. The summed E-state index contributed by atoms with van der Waals surface area (Å²) < 4.78 is 16.4. The summed E-state index contributed by atoms with van der Waals surface area (Å²) in [6.07, 6.45) is 0. The molecule has 3 rings (SSSR count). The molecule has 0 saturated heterocycles. The van der Waals surface area contributed by atoms with Crippen molar-refractivity contribution < 1.29 is 9.18 Å². The molecule has 0 aliphatic rings. The van der Waals surface area contributed by atoms with Crippen molar-refractivity contribution in [2.45, 2.75) is 20.4 Å². The van der Waals surface area contributed by atoms with Crippen LogP contribution in [0.3, 0.4) is 0 Å². The van der Waals surface area contributed by atoms with Crippen molar-refractivity contribution in [3.05, 3.63) is 81.3 Å². The zero-order valence-electron chi connectivity index (χ0n) is 13.9. The largest absolute Gasteiger partial charge is 0.319 e. The molecule has 0 aliphatic carbocycles. The average molecular weight is 402 g/mol. The number of amides is 1. The molecular formula is C19H17BrFN3O. The number of aryl methyl sites for hydroxylation is 1.